The smallest absolute Gasteiger partial charge is 0.224 e. The third-order valence-corrected chi connectivity index (χ3v) is 2.48. The molecule has 82 valence electrons. The van der Waals surface area contributed by atoms with Crippen LogP contribution in [0.5, 0.6) is 0 Å². The molecule has 3 N–H and O–H groups in total. The summed E-state index contributed by atoms with van der Waals surface area (Å²) in [5, 5.41) is 3.17. The molecule has 2 rings (SSSR count). The van der Waals surface area contributed by atoms with E-state index in [0.717, 1.165) is 26.2 Å². The summed E-state index contributed by atoms with van der Waals surface area (Å²) in [5.74, 6) is 1.65. The van der Waals surface area contributed by atoms with Crippen molar-refractivity contribution in [3.8, 4) is 0 Å². The predicted octanol–water partition coefficient (Wildman–Crippen LogP) is 0.897. The summed E-state index contributed by atoms with van der Waals surface area (Å²) in [5.41, 5.74) is 5.55. The second-order valence-electron chi connectivity index (χ2n) is 3.77. The fourth-order valence-electron chi connectivity index (χ4n) is 1.66. The average Bonchev–Trinajstić information content (AvgIpc) is 2.28. The van der Waals surface area contributed by atoms with Gasteiger partial charge in [-0.1, -0.05) is 0 Å². The molecule has 0 saturated carbocycles. The third-order valence-electron chi connectivity index (χ3n) is 2.48. The lowest BCUT2D eigenvalue weighted by Gasteiger charge is -2.22. The van der Waals surface area contributed by atoms with Gasteiger partial charge in [0.1, 0.15) is 5.82 Å². The van der Waals surface area contributed by atoms with E-state index < -0.39 is 0 Å². The lowest BCUT2D eigenvalue weighted by Crippen LogP contribution is -2.24. The first-order valence-corrected chi connectivity index (χ1v) is 5.25. The Hall–Kier alpha value is -1.36. The second kappa shape index (κ2) is 4.93. The van der Waals surface area contributed by atoms with Crippen molar-refractivity contribution in [1.29, 1.82) is 0 Å². The van der Waals surface area contributed by atoms with Crippen LogP contribution in [0.1, 0.15) is 12.8 Å². The first-order valence-electron chi connectivity index (χ1n) is 5.25. The maximum Gasteiger partial charge on any atom is 0.224 e. The molecule has 0 radical (unpaired) electrons. The summed E-state index contributed by atoms with van der Waals surface area (Å²) in [4.78, 5) is 8.15. The van der Waals surface area contributed by atoms with Crippen LogP contribution in [0.2, 0.25) is 0 Å². The molecule has 0 aliphatic carbocycles. The van der Waals surface area contributed by atoms with Gasteiger partial charge in [0.05, 0.1) is 6.61 Å². The maximum atomic E-state index is 5.55. The quantitative estimate of drug-likeness (QED) is 0.772. The molecule has 1 aromatic heterocycles. The minimum atomic E-state index is 0.493. The molecule has 1 unspecified atom stereocenters. The van der Waals surface area contributed by atoms with Crippen molar-refractivity contribution in [2.75, 3.05) is 30.8 Å². The summed E-state index contributed by atoms with van der Waals surface area (Å²) < 4.78 is 5.39. The highest BCUT2D eigenvalue weighted by Gasteiger charge is 2.13. The van der Waals surface area contributed by atoms with E-state index in [-0.39, 0.29) is 0 Å². The number of rotatable bonds is 3. The van der Waals surface area contributed by atoms with Gasteiger partial charge in [0.15, 0.2) is 0 Å². The highest BCUT2D eigenvalue weighted by atomic mass is 16.5. The van der Waals surface area contributed by atoms with Crippen molar-refractivity contribution in [3.63, 3.8) is 0 Å². The fraction of sp³-hybridized carbons (Fsp3) is 0.600. The molecule has 1 aliphatic rings. The fourth-order valence-corrected chi connectivity index (χ4v) is 1.66. The van der Waals surface area contributed by atoms with Gasteiger partial charge in [0, 0.05) is 19.3 Å². The molecular weight excluding hydrogens is 192 g/mol. The molecule has 0 bridgehead atoms. The van der Waals surface area contributed by atoms with Gasteiger partial charge >= 0.3 is 0 Å². The largest absolute Gasteiger partial charge is 0.384 e. The summed E-state index contributed by atoms with van der Waals surface area (Å²) >= 11 is 0. The first kappa shape index (κ1) is 10.2. The zero-order valence-corrected chi connectivity index (χ0v) is 8.65. The minimum absolute atomic E-state index is 0.493. The molecule has 5 heteroatoms. The van der Waals surface area contributed by atoms with Crippen LogP contribution in [0.3, 0.4) is 0 Å². The van der Waals surface area contributed by atoms with Crippen molar-refractivity contribution in [3.05, 3.63) is 12.3 Å². The normalized spacial score (nSPS) is 21.2. The first-order chi connectivity index (χ1) is 7.34. The monoisotopic (exact) mass is 208 g/mol. The second-order valence-corrected chi connectivity index (χ2v) is 3.77. The van der Waals surface area contributed by atoms with Crippen LogP contribution in [-0.4, -0.2) is 29.7 Å². The van der Waals surface area contributed by atoms with E-state index in [2.05, 4.69) is 15.3 Å². The molecule has 5 nitrogen and oxygen atoms in total. The van der Waals surface area contributed by atoms with Crippen LogP contribution < -0.4 is 11.1 Å². The maximum absolute atomic E-state index is 5.55. The zero-order chi connectivity index (χ0) is 10.5. The number of aromatic nitrogens is 2. The number of nitrogens with zero attached hydrogens (tertiary/aromatic N) is 2. The molecule has 1 atom stereocenters. The Bertz CT molecular complexity index is 312. The van der Waals surface area contributed by atoms with Crippen LogP contribution in [0.15, 0.2) is 12.3 Å². The molecule has 1 aliphatic heterocycles. The number of nitrogens with two attached hydrogens (primary N) is 1. The zero-order valence-electron chi connectivity index (χ0n) is 8.65. The number of hydrogen-bond donors (Lipinski definition) is 2. The molecule has 0 amide bonds. The van der Waals surface area contributed by atoms with Crippen molar-refractivity contribution in [2.45, 2.75) is 12.8 Å². The Balaban J connectivity index is 1.81. The van der Waals surface area contributed by atoms with E-state index in [0.29, 0.717) is 17.7 Å². The van der Waals surface area contributed by atoms with E-state index in [1.807, 2.05) is 0 Å². The lowest BCUT2D eigenvalue weighted by atomic mass is 10.0. The molecular formula is C10H16N4O. The molecule has 0 spiro atoms. The van der Waals surface area contributed by atoms with Gasteiger partial charge < -0.3 is 15.8 Å². The Kier molecular flexibility index (Phi) is 3.34. The van der Waals surface area contributed by atoms with Crippen LogP contribution in [0, 0.1) is 5.92 Å². The van der Waals surface area contributed by atoms with Crippen molar-refractivity contribution >= 4 is 11.8 Å². The average molecular weight is 208 g/mol. The summed E-state index contributed by atoms with van der Waals surface area (Å²) in [6.45, 7) is 2.57. The molecule has 1 fully saturated rings. The Morgan fingerprint density at radius 2 is 2.53 bits per heavy atom. The van der Waals surface area contributed by atoms with Gasteiger partial charge in [-0.3, -0.25) is 0 Å². The van der Waals surface area contributed by atoms with E-state index in [4.69, 9.17) is 10.5 Å². The molecule has 2 heterocycles. The Labute approximate surface area is 89.1 Å². The summed E-state index contributed by atoms with van der Waals surface area (Å²) in [7, 11) is 0. The molecule has 1 aromatic rings. The Morgan fingerprint density at radius 3 is 3.27 bits per heavy atom. The standard InChI is InChI=1S/C10H16N4O/c11-9-3-4-12-10(14-9)13-6-8-2-1-5-15-7-8/h3-4,8H,1-2,5-7H2,(H3,11,12,13,14). The van der Waals surface area contributed by atoms with Gasteiger partial charge in [0.2, 0.25) is 5.95 Å². The van der Waals surface area contributed by atoms with Crippen molar-refractivity contribution in [1.82, 2.24) is 9.97 Å². The van der Waals surface area contributed by atoms with E-state index in [1.54, 1.807) is 12.3 Å². The van der Waals surface area contributed by atoms with Crippen LogP contribution in [0.25, 0.3) is 0 Å². The highest BCUT2D eigenvalue weighted by molar-refractivity contribution is 5.34. The summed E-state index contributed by atoms with van der Waals surface area (Å²) in [6, 6.07) is 1.68. The van der Waals surface area contributed by atoms with E-state index in [9.17, 15) is 0 Å². The number of ether oxygens (including phenoxy) is 1. The highest BCUT2D eigenvalue weighted by Crippen LogP contribution is 2.13. The third kappa shape index (κ3) is 3.06. The SMILES string of the molecule is Nc1ccnc(NCC2CCCOC2)n1. The van der Waals surface area contributed by atoms with Crippen molar-refractivity contribution in [2.24, 2.45) is 5.92 Å². The number of nitrogen functional groups attached to an aromatic ring is 1. The van der Waals surface area contributed by atoms with Gasteiger partial charge in [-0.25, -0.2) is 4.98 Å². The van der Waals surface area contributed by atoms with E-state index in [1.165, 1.54) is 6.42 Å². The van der Waals surface area contributed by atoms with Gasteiger partial charge in [-0.15, -0.1) is 0 Å². The van der Waals surface area contributed by atoms with Gasteiger partial charge in [-0.05, 0) is 24.8 Å². The minimum Gasteiger partial charge on any atom is -0.384 e. The summed E-state index contributed by atoms with van der Waals surface area (Å²) in [6.07, 6.45) is 4.00. The van der Waals surface area contributed by atoms with Gasteiger partial charge in [0.25, 0.3) is 0 Å². The number of anilines is 2. The predicted molar refractivity (Wildman–Crippen MR) is 58.5 cm³/mol. The molecule has 0 aromatic carbocycles. The van der Waals surface area contributed by atoms with Crippen LogP contribution >= 0.6 is 0 Å². The Morgan fingerprint density at radius 1 is 1.60 bits per heavy atom. The van der Waals surface area contributed by atoms with Crippen LogP contribution in [0.4, 0.5) is 11.8 Å². The number of nitrogens with one attached hydrogen (secondary N) is 1. The van der Waals surface area contributed by atoms with Gasteiger partial charge in [-0.2, -0.15) is 4.98 Å². The van der Waals surface area contributed by atoms with Crippen molar-refractivity contribution < 1.29 is 4.74 Å². The van der Waals surface area contributed by atoms with E-state index >= 15 is 0 Å². The number of hydrogen-bond acceptors (Lipinski definition) is 5. The topological polar surface area (TPSA) is 73.1 Å². The lowest BCUT2D eigenvalue weighted by molar-refractivity contribution is 0.0594. The molecule has 1 saturated heterocycles. The van der Waals surface area contributed by atoms with Crippen LogP contribution in [-0.2, 0) is 4.74 Å². The molecule has 15 heavy (non-hydrogen) atoms.